The number of carbonyl (C=O) groups is 2. The highest BCUT2D eigenvalue weighted by Crippen LogP contribution is 2.15. The second-order valence-electron chi connectivity index (χ2n) is 7.20. The standard InChI is InChI=1S/C23H27FN2O4/c1-29-20-7-2-5-18(15-20)16-23(28)26-12-10-25(11-13-26)22(27)9-4-14-30-21-8-3-6-19(24)17-21/h2-3,5-8,15,17H,4,9-14,16H2,1H3. The van der Waals surface area contributed by atoms with Gasteiger partial charge in [0.15, 0.2) is 0 Å². The molecule has 2 aromatic carbocycles. The van der Waals surface area contributed by atoms with Crippen molar-refractivity contribution in [3.8, 4) is 11.5 Å². The SMILES string of the molecule is COc1cccc(CC(=O)N2CCN(C(=O)CCCOc3cccc(F)c3)CC2)c1. The second kappa shape index (κ2) is 10.6. The number of hydrogen-bond acceptors (Lipinski definition) is 4. The number of methoxy groups -OCH3 is 1. The maximum Gasteiger partial charge on any atom is 0.227 e. The van der Waals surface area contributed by atoms with Crippen LogP contribution in [-0.2, 0) is 16.0 Å². The summed E-state index contributed by atoms with van der Waals surface area (Å²) in [7, 11) is 1.60. The van der Waals surface area contributed by atoms with Gasteiger partial charge in [-0.3, -0.25) is 9.59 Å². The molecule has 160 valence electrons. The van der Waals surface area contributed by atoms with Crippen molar-refractivity contribution in [2.45, 2.75) is 19.3 Å². The summed E-state index contributed by atoms with van der Waals surface area (Å²) in [5.41, 5.74) is 0.913. The van der Waals surface area contributed by atoms with E-state index in [1.165, 1.54) is 12.1 Å². The Bertz CT molecular complexity index is 866. The van der Waals surface area contributed by atoms with E-state index in [4.69, 9.17) is 9.47 Å². The molecule has 1 saturated heterocycles. The number of hydrogen-bond donors (Lipinski definition) is 0. The van der Waals surface area contributed by atoms with Crippen LogP contribution in [0.2, 0.25) is 0 Å². The molecule has 0 N–H and O–H groups in total. The van der Waals surface area contributed by atoms with E-state index in [1.54, 1.807) is 29.0 Å². The first-order chi connectivity index (χ1) is 14.5. The fourth-order valence-electron chi connectivity index (χ4n) is 3.40. The molecular formula is C23H27FN2O4. The molecule has 0 aliphatic carbocycles. The summed E-state index contributed by atoms with van der Waals surface area (Å²) in [4.78, 5) is 28.5. The highest BCUT2D eigenvalue weighted by Gasteiger charge is 2.23. The molecule has 6 nitrogen and oxygen atoms in total. The summed E-state index contributed by atoms with van der Waals surface area (Å²) < 4.78 is 23.8. The van der Waals surface area contributed by atoms with E-state index in [9.17, 15) is 14.0 Å². The highest BCUT2D eigenvalue weighted by atomic mass is 19.1. The van der Waals surface area contributed by atoms with E-state index in [2.05, 4.69) is 0 Å². The Kier molecular flexibility index (Phi) is 7.65. The zero-order valence-electron chi connectivity index (χ0n) is 17.2. The van der Waals surface area contributed by atoms with Gasteiger partial charge in [-0.05, 0) is 36.2 Å². The van der Waals surface area contributed by atoms with Crippen LogP contribution in [0.1, 0.15) is 18.4 Å². The number of ether oxygens (including phenoxy) is 2. The molecule has 0 spiro atoms. The number of amides is 2. The van der Waals surface area contributed by atoms with Crippen molar-refractivity contribution in [1.82, 2.24) is 9.80 Å². The fourth-order valence-corrected chi connectivity index (χ4v) is 3.40. The van der Waals surface area contributed by atoms with Gasteiger partial charge in [0, 0.05) is 38.7 Å². The quantitative estimate of drug-likeness (QED) is 0.624. The van der Waals surface area contributed by atoms with Gasteiger partial charge in [0.25, 0.3) is 0 Å². The van der Waals surface area contributed by atoms with Crippen LogP contribution >= 0.6 is 0 Å². The Balaban J connectivity index is 1.36. The van der Waals surface area contributed by atoms with Crippen molar-refractivity contribution in [1.29, 1.82) is 0 Å². The van der Waals surface area contributed by atoms with Crippen LogP contribution in [0.15, 0.2) is 48.5 Å². The molecule has 1 heterocycles. The molecule has 2 aromatic rings. The summed E-state index contributed by atoms with van der Waals surface area (Å²) >= 11 is 0. The van der Waals surface area contributed by atoms with Crippen LogP contribution in [0.25, 0.3) is 0 Å². The average molecular weight is 414 g/mol. The maximum absolute atomic E-state index is 13.1. The molecule has 3 rings (SSSR count). The van der Waals surface area contributed by atoms with Crippen LogP contribution in [-0.4, -0.2) is 61.5 Å². The van der Waals surface area contributed by atoms with Gasteiger partial charge in [0.2, 0.25) is 11.8 Å². The Morgan fingerprint density at radius 3 is 2.30 bits per heavy atom. The summed E-state index contributed by atoms with van der Waals surface area (Å²) in [6.07, 6.45) is 1.25. The van der Waals surface area contributed by atoms with Gasteiger partial charge in [0.1, 0.15) is 17.3 Å². The predicted molar refractivity (Wildman–Crippen MR) is 111 cm³/mol. The molecule has 7 heteroatoms. The minimum atomic E-state index is -0.345. The number of carbonyl (C=O) groups excluding carboxylic acids is 2. The first kappa shape index (κ1) is 21.6. The van der Waals surface area contributed by atoms with Crippen molar-refractivity contribution in [3.63, 3.8) is 0 Å². The Labute approximate surface area is 176 Å². The summed E-state index contributed by atoms with van der Waals surface area (Å²) in [6, 6.07) is 13.5. The van der Waals surface area contributed by atoms with Gasteiger partial charge < -0.3 is 19.3 Å². The topological polar surface area (TPSA) is 59.1 Å². The van der Waals surface area contributed by atoms with E-state index < -0.39 is 0 Å². The maximum atomic E-state index is 13.1. The zero-order chi connectivity index (χ0) is 21.3. The molecular weight excluding hydrogens is 387 g/mol. The first-order valence-electron chi connectivity index (χ1n) is 10.1. The van der Waals surface area contributed by atoms with Gasteiger partial charge in [-0.25, -0.2) is 4.39 Å². The summed E-state index contributed by atoms with van der Waals surface area (Å²) in [5, 5.41) is 0. The van der Waals surface area contributed by atoms with E-state index in [-0.39, 0.29) is 17.6 Å². The fraction of sp³-hybridized carbons (Fsp3) is 0.391. The summed E-state index contributed by atoms with van der Waals surface area (Å²) in [6.45, 7) is 2.50. The number of benzene rings is 2. The van der Waals surface area contributed by atoms with Gasteiger partial charge in [-0.15, -0.1) is 0 Å². The van der Waals surface area contributed by atoms with Crippen LogP contribution in [0, 0.1) is 5.82 Å². The lowest BCUT2D eigenvalue weighted by molar-refractivity contribution is -0.139. The van der Waals surface area contributed by atoms with Crippen molar-refractivity contribution in [2.24, 2.45) is 0 Å². The van der Waals surface area contributed by atoms with Crippen molar-refractivity contribution >= 4 is 11.8 Å². The summed E-state index contributed by atoms with van der Waals surface area (Å²) in [5.74, 6) is 0.960. The number of piperazine rings is 1. The lowest BCUT2D eigenvalue weighted by Crippen LogP contribution is -2.51. The van der Waals surface area contributed by atoms with Crippen molar-refractivity contribution in [2.75, 3.05) is 39.9 Å². The molecule has 0 saturated carbocycles. The number of nitrogens with zero attached hydrogens (tertiary/aromatic N) is 2. The molecule has 2 amide bonds. The van der Waals surface area contributed by atoms with E-state index in [0.717, 1.165) is 11.3 Å². The van der Waals surface area contributed by atoms with Gasteiger partial charge in [-0.2, -0.15) is 0 Å². The molecule has 1 aliphatic rings. The molecule has 1 aliphatic heterocycles. The minimum Gasteiger partial charge on any atom is -0.497 e. The molecule has 1 fully saturated rings. The Morgan fingerprint density at radius 1 is 0.933 bits per heavy atom. The minimum absolute atomic E-state index is 0.0535. The van der Waals surface area contributed by atoms with Crippen LogP contribution in [0.5, 0.6) is 11.5 Å². The lowest BCUT2D eigenvalue weighted by atomic mass is 10.1. The second-order valence-corrected chi connectivity index (χ2v) is 7.20. The molecule has 0 aromatic heterocycles. The van der Waals surface area contributed by atoms with Crippen molar-refractivity contribution in [3.05, 3.63) is 59.9 Å². The van der Waals surface area contributed by atoms with Gasteiger partial charge >= 0.3 is 0 Å². The third-order valence-electron chi connectivity index (χ3n) is 5.07. The third-order valence-corrected chi connectivity index (χ3v) is 5.07. The normalized spacial score (nSPS) is 13.8. The smallest absolute Gasteiger partial charge is 0.227 e. The first-order valence-corrected chi connectivity index (χ1v) is 10.1. The Morgan fingerprint density at radius 2 is 1.60 bits per heavy atom. The van der Waals surface area contributed by atoms with Crippen LogP contribution < -0.4 is 9.47 Å². The molecule has 30 heavy (non-hydrogen) atoms. The van der Waals surface area contributed by atoms with Crippen molar-refractivity contribution < 1.29 is 23.5 Å². The largest absolute Gasteiger partial charge is 0.497 e. The van der Waals surface area contributed by atoms with Gasteiger partial charge in [0.05, 0.1) is 20.1 Å². The average Bonchev–Trinajstić information content (AvgIpc) is 2.77. The molecule has 0 atom stereocenters. The van der Waals surface area contributed by atoms with Crippen LogP contribution in [0.3, 0.4) is 0 Å². The molecule has 0 bridgehead atoms. The Hall–Kier alpha value is -3.09. The molecule has 0 radical (unpaired) electrons. The van der Waals surface area contributed by atoms with Crippen LogP contribution in [0.4, 0.5) is 4.39 Å². The van der Waals surface area contributed by atoms with E-state index in [1.807, 2.05) is 24.3 Å². The number of rotatable bonds is 8. The van der Waals surface area contributed by atoms with E-state index >= 15 is 0 Å². The van der Waals surface area contributed by atoms with Gasteiger partial charge in [-0.1, -0.05) is 18.2 Å². The predicted octanol–water partition coefficient (Wildman–Crippen LogP) is 2.91. The third kappa shape index (κ3) is 6.20. The zero-order valence-corrected chi connectivity index (χ0v) is 17.2. The molecule has 0 unspecified atom stereocenters. The highest BCUT2D eigenvalue weighted by molar-refractivity contribution is 5.80. The number of halogens is 1. The monoisotopic (exact) mass is 414 g/mol. The van der Waals surface area contributed by atoms with E-state index in [0.29, 0.717) is 57.8 Å². The lowest BCUT2D eigenvalue weighted by Gasteiger charge is -2.35.